The predicted octanol–water partition coefficient (Wildman–Crippen LogP) is 3.35. The number of benzene rings is 2. The zero-order valence-corrected chi connectivity index (χ0v) is 20.3. The van der Waals surface area contributed by atoms with Gasteiger partial charge in [0.2, 0.25) is 15.9 Å². The van der Waals surface area contributed by atoms with Gasteiger partial charge in [-0.15, -0.1) is 0 Å². The van der Waals surface area contributed by atoms with Crippen LogP contribution in [-0.4, -0.2) is 46.7 Å². The maximum absolute atomic E-state index is 12.9. The summed E-state index contributed by atoms with van der Waals surface area (Å²) in [5, 5.41) is 0. The normalized spacial score (nSPS) is 17.4. The Morgan fingerprint density at radius 3 is 2.15 bits per heavy atom. The van der Waals surface area contributed by atoms with Gasteiger partial charge in [-0.25, -0.2) is 16.8 Å². The Morgan fingerprint density at radius 1 is 0.879 bits per heavy atom. The molecule has 1 fully saturated rings. The number of sulfonamides is 2. The van der Waals surface area contributed by atoms with Crippen molar-refractivity contribution in [1.82, 2.24) is 4.31 Å². The molecule has 0 atom stereocenters. The van der Waals surface area contributed by atoms with E-state index in [2.05, 4.69) is 4.72 Å². The van der Waals surface area contributed by atoms with Crippen LogP contribution in [-0.2, 0) is 31.3 Å². The second-order valence-electron chi connectivity index (χ2n) is 8.39. The highest BCUT2D eigenvalue weighted by molar-refractivity contribution is 7.92. The summed E-state index contributed by atoms with van der Waals surface area (Å²) in [7, 11) is -7.46. The fraction of sp³-hybridized carbons (Fsp3) is 0.435. The van der Waals surface area contributed by atoms with Crippen LogP contribution in [0, 0.1) is 0 Å². The Morgan fingerprint density at radius 2 is 1.52 bits per heavy atom. The number of rotatable bonds is 6. The van der Waals surface area contributed by atoms with E-state index in [4.69, 9.17) is 0 Å². The molecule has 4 rings (SSSR count). The summed E-state index contributed by atoms with van der Waals surface area (Å²) >= 11 is 0. The van der Waals surface area contributed by atoms with E-state index < -0.39 is 20.0 Å². The van der Waals surface area contributed by atoms with Crippen LogP contribution in [0.5, 0.6) is 0 Å². The minimum absolute atomic E-state index is 0.0118. The lowest BCUT2D eigenvalue weighted by Gasteiger charge is -2.20. The fourth-order valence-electron chi connectivity index (χ4n) is 4.34. The van der Waals surface area contributed by atoms with Gasteiger partial charge in [0.25, 0.3) is 10.0 Å². The van der Waals surface area contributed by atoms with Gasteiger partial charge in [-0.05, 0) is 67.3 Å². The summed E-state index contributed by atoms with van der Waals surface area (Å²) in [5.41, 5.74) is 1.86. The third-order valence-electron chi connectivity index (χ3n) is 6.17. The van der Waals surface area contributed by atoms with Crippen LogP contribution in [0.3, 0.4) is 0 Å². The molecule has 1 amide bonds. The summed E-state index contributed by atoms with van der Waals surface area (Å²) in [6.45, 7) is 3.37. The van der Waals surface area contributed by atoms with Crippen molar-refractivity contribution in [1.29, 1.82) is 0 Å². The number of hydrogen-bond acceptors (Lipinski definition) is 5. The number of hydrogen-bond donors (Lipinski definition) is 1. The van der Waals surface area contributed by atoms with E-state index in [-0.39, 0.29) is 21.4 Å². The molecule has 2 aromatic rings. The number of carbonyl (C=O) groups is 1. The lowest BCUT2D eigenvalue weighted by atomic mass is 10.2. The maximum Gasteiger partial charge on any atom is 0.261 e. The van der Waals surface area contributed by atoms with Crippen molar-refractivity contribution < 1.29 is 21.6 Å². The Labute approximate surface area is 195 Å². The standard InChI is InChI=1S/C23H29N3O5S2/c1-2-23(27)26-16-13-18-17-21(11-12-22(18)26)32(28,29)24-19-7-9-20(10-8-19)33(30,31)25-14-5-3-4-6-15-25/h7-12,17,24H,2-6,13-16H2,1H3. The molecule has 10 heteroatoms. The van der Waals surface area contributed by atoms with E-state index in [0.29, 0.717) is 32.5 Å². The number of carbonyl (C=O) groups excluding carboxylic acids is 1. The second-order valence-corrected chi connectivity index (χ2v) is 12.0. The third-order valence-corrected chi connectivity index (χ3v) is 9.46. The van der Waals surface area contributed by atoms with Crippen molar-refractivity contribution in [3.63, 3.8) is 0 Å². The van der Waals surface area contributed by atoms with Gasteiger partial charge in [0.1, 0.15) is 0 Å². The number of nitrogens with one attached hydrogen (secondary N) is 1. The van der Waals surface area contributed by atoms with Gasteiger partial charge in [-0.3, -0.25) is 9.52 Å². The Kier molecular flexibility index (Phi) is 6.78. The average molecular weight is 492 g/mol. The van der Waals surface area contributed by atoms with Gasteiger partial charge < -0.3 is 4.90 Å². The van der Waals surface area contributed by atoms with E-state index >= 15 is 0 Å². The predicted molar refractivity (Wildman–Crippen MR) is 127 cm³/mol. The monoisotopic (exact) mass is 491 g/mol. The molecule has 33 heavy (non-hydrogen) atoms. The van der Waals surface area contributed by atoms with Crippen molar-refractivity contribution in [2.45, 2.75) is 55.2 Å². The van der Waals surface area contributed by atoms with E-state index in [9.17, 15) is 21.6 Å². The summed E-state index contributed by atoms with van der Waals surface area (Å²) < 4.78 is 55.7. The van der Waals surface area contributed by atoms with Gasteiger partial charge in [0.05, 0.1) is 9.79 Å². The van der Waals surface area contributed by atoms with Gasteiger partial charge in [0.15, 0.2) is 0 Å². The molecule has 0 unspecified atom stereocenters. The average Bonchev–Trinajstić information content (AvgIpc) is 3.02. The second kappa shape index (κ2) is 9.44. The molecule has 0 bridgehead atoms. The summed E-state index contributed by atoms with van der Waals surface area (Å²) in [4.78, 5) is 14.0. The third kappa shape index (κ3) is 4.92. The van der Waals surface area contributed by atoms with Crippen LogP contribution >= 0.6 is 0 Å². The topological polar surface area (TPSA) is 104 Å². The first-order valence-corrected chi connectivity index (χ1v) is 14.2. The largest absolute Gasteiger partial charge is 0.312 e. The molecule has 0 aromatic heterocycles. The summed E-state index contributed by atoms with van der Waals surface area (Å²) in [6, 6.07) is 10.6. The van der Waals surface area contributed by atoms with E-state index in [0.717, 1.165) is 36.9 Å². The molecule has 0 radical (unpaired) electrons. The molecule has 0 aliphatic carbocycles. The van der Waals surface area contributed by atoms with Crippen LogP contribution in [0.15, 0.2) is 52.3 Å². The molecule has 0 spiro atoms. The first-order valence-electron chi connectivity index (χ1n) is 11.3. The fourth-order valence-corrected chi connectivity index (χ4v) is 6.96. The minimum Gasteiger partial charge on any atom is -0.312 e. The SMILES string of the molecule is CCC(=O)N1CCc2cc(S(=O)(=O)Nc3ccc(S(=O)(=O)N4CCCCCC4)cc3)ccc21. The van der Waals surface area contributed by atoms with Crippen molar-refractivity contribution >= 4 is 37.3 Å². The molecule has 2 aromatic carbocycles. The van der Waals surface area contributed by atoms with Gasteiger partial charge in [-0.1, -0.05) is 19.8 Å². The van der Waals surface area contributed by atoms with Crippen LogP contribution in [0.4, 0.5) is 11.4 Å². The van der Waals surface area contributed by atoms with Crippen LogP contribution < -0.4 is 9.62 Å². The lowest BCUT2D eigenvalue weighted by Crippen LogP contribution is -2.31. The summed E-state index contributed by atoms with van der Waals surface area (Å²) in [5.74, 6) is 0.0118. The highest BCUT2D eigenvalue weighted by Gasteiger charge is 2.27. The van der Waals surface area contributed by atoms with Gasteiger partial charge >= 0.3 is 0 Å². The molecular formula is C23H29N3O5S2. The van der Waals surface area contributed by atoms with Crippen molar-refractivity contribution in [3.05, 3.63) is 48.0 Å². The molecule has 1 saturated heterocycles. The maximum atomic E-state index is 12.9. The molecule has 0 saturated carbocycles. The van der Waals surface area contributed by atoms with E-state index in [1.54, 1.807) is 24.0 Å². The molecule has 2 aliphatic heterocycles. The van der Waals surface area contributed by atoms with Crippen LogP contribution in [0.1, 0.15) is 44.6 Å². The zero-order valence-electron chi connectivity index (χ0n) is 18.7. The smallest absolute Gasteiger partial charge is 0.261 e. The molecule has 178 valence electrons. The van der Waals surface area contributed by atoms with Crippen LogP contribution in [0.25, 0.3) is 0 Å². The van der Waals surface area contributed by atoms with E-state index in [1.807, 2.05) is 0 Å². The number of nitrogens with zero attached hydrogens (tertiary/aromatic N) is 2. The highest BCUT2D eigenvalue weighted by atomic mass is 32.2. The quantitative estimate of drug-likeness (QED) is 0.667. The Hall–Kier alpha value is -2.43. The number of fused-ring (bicyclic) bond motifs is 1. The molecule has 2 heterocycles. The number of amides is 1. The molecular weight excluding hydrogens is 462 g/mol. The Bertz CT molecular complexity index is 1230. The van der Waals surface area contributed by atoms with Crippen molar-refractivity contribution in [2.75, 3.05) is 29.3 Å². The lowest BCUT2D eigenvalue weighted by molar-refractivity contribution is -0.118. The Balaban J connectivity index is 1.50. The van der Waals surface area contributed by atoms with Gasteiger partial charge in [-0.2, -0.15) is 4.31 Å². The van der Waals surface area contributed by atoms with Crippen molar-refractivity contribution in [3.8, 4) is 0 Å². The molecule has 1 N–H and O–H groups in total. The minimum atomic E-state index is -3.87. The summed E-state index contributed by atoms with van der Waals surface area (Å²) in [6.07, 6.45) is 4.76. The van der Waals surface area contributed by atoms with E-state index in [1.165, 1.54) is 34.6 Å². The first kappa shape index (κ1) is 23.7. The van der Waals surface area contributed by atoms with Gasteiger partial charge in [0, 0.05) is 37.4 Å². The molecule has 2 aliphatic rings. The van der Waals surface area contributed by atoms with Crippen molar-refractivity contribution in [2.24, 2.45) is 0 Å². The zero-order chi connectivity index (χ0) is 23.6. The number of anilines is 2. The molecule has 8 nitrogen and oxygen atoms in total. The first-order chi connectivity index (χ1) is 15.7. The van der Waals surface area contributed by atoms with Crippen LogP contribution in [0.2, 0.25) is 0 Å². The highest BCUT2D eigenvalue weighted by Crippen LogP contribution is 2.31.